The minimum absolute atomic E-state index is 0.0926. The van der Waals surface area contributed by atoms with Crippen molar-refractivity contribution in [2.75, 3.05) is 4.90 Å². The summed E-state index contributed by atoms with van der Waals surface area (Å²) in [7, 11) is 0. The molecule has 0 aliphatic rings. The quantitative estimate of drug-likeness (QED) is 0.778. The average molecular weight is 212 g/mol. The SMILES string of the molecule is CC(C)(C)N(C(=O)O)c1cc(F)ccn1. The molecule has 0 aromatic carbocycles. The van der Waals surface area contributed by atoms with Gasteiger partial charge in [-0.1, -0.05) is 0 Å². The molecule has 1 aromatic heterocycles. The molecule has 0 atom stereocenters. The van der Waals surface area contributed by atoms with Gasteiger partial charge in [-0.15, -0.1) is 0 Å². The van der Waals surface area contributed by atoms with Gasteiger partial charge in [-0.05, 0) is 26.8 Å². The number of aromatic nitrogens is 1. The number of nitrogens with zero attached hydrogens (tertiary/aromatic N) is 2. The van der Waals surface area contributed by atoms with Gasteiger partial charge in [-0.25, -0.2) is 14.2 Å². The van der Waals surface area contributed by atoms with E-state index in [2.05, 4.69) is 4.98 Å². The van der Waals surface area contributed by atoms with Crippen LogP contribution < -0.4 is 4.90 Å². The lowest BCUT2D eigenvalue weighted by Gasteiger charge is -2.31. The molecule has 0 spiro atoms. The Morgan fingerprint density at radius 2 is 2.13 bits per heavy atom. The first-order chi connectivity index (χ1) is 6.82. The molecule has 0 saturated heterocycles. The van der Waals surface area contributed by atoms with Crippen LogP contribution in [0.25, 0.3) is 0 Å². The van der Waals surface area contributed by atoms with Gasteiger partial charge in [-0.3, -0.25) is 4.90 Å². The Morgan fingerprint density at radius 3 is 2.53 bits per heavy atom. The molecular weight excluding hydrogens is 199 g/mol. The maximum absolute atomic E-state index is 12.9. The van der Waals surface area contributed by atoms with Crippen molar-refractivity contribution in [3.63, 3.8) is 0 Å². The third-order valence-electron chi connectivity index (χ3n) is 1.80. The fourth-order valence-corrected chi connectivity index (χ4v) is 1.24. The van der Waals surface area contributed by atoms with E-state index >= 15 is 0 Å². The number of anilines is 1. The fourth-order valence-electron chi connectivity index (χ4n) is 1.24. The Kier molecular flexibility index (Phi) is 2.93. The van der Waals surface area contributed by atoms with E-state index in [9.17, 15) is 9.18 Å². The molecule has 0 saturated carbocycles. The topological polar surface area (TPSA) is 53.4 Å². The lowest BCUT2D eigenvalue weighted by molar-refractivity contribution is 0.195. The highest BCUT2D eigenvalue weighted by atomic mass is 19.1. The highest BCUT2D eigenvalue weighted by Gasteiger charge is 2.28. The van der Waals surface area contributed by atoms with E-state index < -0.39 is 17.4 Å². The number of carbonyl (C=O) groups is 1. The number of hydrogen-bond acceptors (Lipinski definition) is 2. The molecule has 1 aromatic rings. The third-order valence-corrected chi connectivity index (χ3v) is 1.80. The lowest BCUT2D eigenvalue weighted by atomic mass is 10.1. The van der Waals surface area contributed by atoms with E-state index in [0.717, 1.165) is 11.0 Å². The predicted octanol–water partition coefficient (Wildman–Crippen LogP) is 2.50. The van der Waals surface area contributed by atoms with Crippen molar-refractivity contribution in [2.45, 2.75) is 26.3 Å². The maximum atomic E-state index is 12.9. The molecule has 4 nitrogen and oxygen atoms in total. The Morgan fingerprint density at radius 1 is 1.53 bits per heavy atom. The molecule has 1 N–H and O–H groups in total. The fraction of sp³-hybridized carbons (Fsp3) is 0.400. The minimum atomic E-state index is -1.15. The van der Waals surface area contributed by atoms with Crippen LogP contribution in [0.1, 0.15) is 20.8 Å². The summed E-state index contributed by atoms with van der Waals surface area (Å²) >= 11 is 0. The van der Waals surface area contributed by atoms with Gasteiger partial charge in [0.15, 0.2) is 0 Å². The summed E-state index contributed by atoms with van der Waals surface area (Å²) in [5.74, 6) is -0.412. The van der Waals surface area contributed by atoms with Gasteiger partial charge in [0.05, 0.1) is 0 Å². The van der Waals surface area contributed by atoms with E-state index in [4.69, 9.17) is 5.11 Å². The van der Waals surface area contributed by atoms with E-state index in [-0.39, 0.29) is 5.82 Å². The van der Waals surface area contributed by atoms with Crippen LogP contribution in [0, 0.1) is 5.82 Å². The standard InChI is InChI=1S/C10H13FN2O2/c1-10(2,3)13(9(14)15)8-6-7(11)4-5-12-8/h4-6H,1-3H3,(H,14,15). The molecule has 0 radical (unpaired) electrons. The second-order valence-electron chi connectivity index (χ2n) is 4.12. The summed E-state index contributed by atoms with van der Waals surface area (Å²) in [6, 6.07) is 2.27. The van der Waals surface area contributed by atoms with Crippen LogP contribution in [0.4, 0.5) is 15.0 Å². The molecule has 82 valence electrons. The normalized spacial score (nSPS) is 11.2. The number of rotatable bonds is 1. The highest BCUT2D eigenvalue weighted by molar-refractivity contribution is 5.86. The van der Waals surface area contributed by atoms with Gasteiger partial charge >= 0.3 is 6.09 Å². The second-order valence-corrected chi connectivity index (χ2v) is 4.12. The smallest absolute Gasteiger partial charge is 0.413 e. The summed E-state index contributed by atoms with van der Waals surface area (Å²) in [6.45, 7) is 5.15. The number of amides is 1. The monoisotopic (exact) mass is 212 g/mol. The van der Waals surface area contributed by atoms with Crippen LogP contribution in [0.3, 0.4) is 0 Å². The van der Waals surface area contributed by atoms with Gasteiger partial charge in [-0.2, -0.15) is 0 Å². The van der Waals surface area contributed by atoms with Crippen molar-refractivity contribution in [2.24, 2.45) is 0 Å². The van der Waals surface area contributed by atoms with E-state index in [0.29, 0.717) is 0 Å². The van der Waals surface area contributed by atoms with Crippen LogP contribution in [0.5, 0.6) is 0 Å². The average Bonchev–Trinajstić information content (AvgIpc) is 1.99. The number of pyridine rings is 1. The van der Waals surface area contributed by atoms with Crippen molar-refractivity contribution in [3.05, 3.63) is 24.1 Å². The summed E-state index contributed by atoms with van der Waals surface area (Å²) in [6.07, 6.45) is 0.0902. The van der Waals surface area contributed by atoms with Crippen LogP contribution in [-0.4, -0.2) is 21.7 Å². The first-order valence-electron chi connectivity index (χ1n) is 4.47. The molecule has 1 heterocycles. The van der Waals surface area contributed by atoms with Gasteiger partial charge in [0.25, 0.3) is 0 Å². The van der Waals surface area contributed by atoms with Crippen molar-refractivity contribution in [1.29, 1.82) is 0 Å². The Balaban J connectivity index is 3.16. The first-order valence-corrected chi connectivity index (χ1v) is 4.47. The summed E-state index contributed by atoms with van der Waals surface area (Å²) in [4.78, 5) is 15.9. The first kappa shape index (κ1) is 11.4. The van der Waals surface area contributed by atoms with Gasteiger partial charge < -0.3 is 5.11 Å². The summed E-state index contributed by atoms with van der Waals surface area (Å²) < 4.78 is 12.9. The van der Waals surface area contributed by atoms with Crippen molar-refractivity contribution in [1.82, 2.24) is 4.98 Å². The van der Waals surface area contributed by atoms with E-state index in [1.807, 2.05) is 0 Å². The van der Waals surface area contributed by atoms with Crippen molar-refractivity contribution >= 4 is 11.9 Å². The second kappa shape index (κ2) is 3.84. The van der Waals surface area contributed by atoms with Crippen molar-refractivity contribution in [3.8, 4) is 0 Å². The maximum Gasteiger partial charge on any atom is 0.413 e. The lowest BCUT2D eigenvalue weighted by Crippen LogP contribution is -2.45. The van der Waals surface area contributed by atoms with Crippen LogP contribution >= 0.6 is 0 Å². The Bertz CT molecular complexity index is 374. The molecule has 0 bridgehead atoms. The largest absolute Gasteiger partial charge is 0.465 e. The van der Waals surface area contributed by atoms with Gasteiger partial charge in [0.1, 0.15) is 11.6 Å². The Hall–Kier alpha value is -1.65. The van der Waals surface area contributed by atoms with Crippen LogP contribution in [0.15, 0.2) is 18.3 Å². The minimum Gasteiger partial charge on any atom is -0.465 e. The number of carboxylic acid groups (broad SMARTS) is 1. The molecule has 1 amide bonds. The number of hydrogen-bond donors (Lipinski definition) is 1. The zero-order chi connectivity index (χ0) is 11.6. The molecule has 0 aliphatic carbocycles. The molecule has 5 heteroatoms. The predicted molar refractivity (Wildman–Crippen MR) is 54.5 cm³/mol. The highest BCUT2D eigenvalue weighted by Crippen LogP contribution is 2.22. The van der Waals surface area contributed by atoms with E-state index in [1.165, 1.54) is 12.3 Å². The molecule has 1 rings (SSSR count). The summed E-state index contributed by atoms with van der Waals surface area (Å²) in [5, 5.41) is 9.02. The third kappa shape index (κ3) is 2.65. The van der Waals surface area contributed by atoms with Crippen molar-refractivity contribution < 1.29 is 14.3 Å². The van der Waals surface area contributed by atoms with Gasteiger partial charge in [0, 0.05) is 17.8 Å². The molecule has 0 unspecified atom stereocenters. The Labute approximate surface area is 87.4 Å². The molecule has 0 aliphatic heterocycles. The zero-order valence-electron chi connectivity index (χ0n) is 8.86. The van der Waals surface area contributed by atoms with Crippen LogP contribution in [-0.2, 0) is 0 Å². The summed E-state index contributed by atoms with van der Waals surface area (Å²) in [5.41, 5.74) is -0.660. The molecular formula is C10H13FN2O2. The molecule has 15 heavy (non-hydrogen) atoms. The van der Waals surface area contributed by atoms with Crippen LogP contribution in [0.2, 0.25) is 0 Å². The van der Waals surface area contributed by atoms with E-state index in [1.54, 1.807) is 20.8 Å². The number of halogens is 1. The zero-order valence-corrected chi connectivity index (χ0v) is 8.86. The van der Waals surface area contributed by atoms with Gasteiger partial charge in [0.2, 0.25) is 0 Å². The molecule has 0 fully saturated rings.